The fraction of sp³-hybridized carbons (Fsp3) is 0.706. The van der Waals surface area contributed by atoms with Crippen LogP contribution in [0.5, 0.6) is 0 Å². The lowest BCUT2D eigenvalue weighted by molar-refractivity contribution is -0.152. The van der Waals surface area contributed by atoms with E-state index in [1.54, 1.807) is 4.90 Å². The summed E-state index contributed by atoms with van der Waals surface area (Å²) in [5.41, 5.74) is 0.650. The van der Waals surface area contributed by atoms with Gasteiger partial charge in [0.2, 0.25) is 0 Å². The molecule has 3 aliphatic heterocycles. The number of ether oxygens (including phenoxy) is 6. The van der Waals surface area contributed by atoms with Gasteiger partial charge >= 0.3 is 18.2 Å². The Hall–Kier alpha value is -3.53. The molecular formula is C51H83N3O10Si. The molecule has 1 N–H and O–H groups in total. The molecule has 0 radical (unpaired) electrons. The molecular weight excluding hydrogens is 843 g/mol. The number of rotatable bonds is 21. The van der Waals surface area contributed by atoms with Gasteiger partial charge in [0, 0.05) is 50.3 Å². The molecule has 2 amide bonds. The highest BCUT2D eigenvalue weighted by Crippen LogP contribution is 2.38. The van der Waals surface area contributed by atoms with Crippen LogP contribution in [-0.4, -0.2) is 132 Å². The number of hydrogen-bond acceptors (Lipinski definition) is 11. The highest BCUT2D eigenvalue weighted by Gasteiger charge is 2.46. The minimum absolute atomic E-state index is 0.00933. The predicted molar refractivity (Wildman–Crippen MR) is 259 cm³/mol. The van der Waals surface area contributed by atoms with Gasteiger partial charge < -0.3 is 42.6 Å². The highest BCUT2D eigenvalue weighted by molar-refractivity contribution is 6.73. The average molecular weight is 926 g/mol. The van der Waals surface area contributed by atoms with Crippen molar-refractivity contribution in [1.29, 1.82) is 0 Å². The molecule has 3 heterocycles. The van der Waals surface area contributed by atoms with E-state index in [0.717, 1.165) is 43.2 Å². The minimum atomic E-state index is -2.14. The topological polar surface area (TPSA) is 138 Å². The van der Waals surface area contributed by atoms with Gasteiger partial charge in [-0.2, -0.15) is 0 Å². The number of para-hydroxylation sites is 1. The number of epoxide rings is 1. The smallest absolute Gasteiger partial charge is 0.411 e. The van der Waals surface area contributed by atoms with Crippen molar-refractivity contribution >= 4 is 32.2 Å². The van der Waals surface area contributed by atoms with Crippen molar-refractivity contribution in [2.45, 2.75) is 162 Å². The molecule has 366 valence electrons. The van der Waals surface area contributed by atoms with Crippen molar-refractivity contribution < 1.29 is 47.2 Å². The third-order valence-electron chi connectivity index (χ3n) is 13.7. The summed E-state index contributed by atoms with van der Waals surface area (Å²) in [4.78, 5) is 44.5. The molecule has 3 aliphatic rings. The van der Waals surface area contributed by atoms with Crippen LogP contribution in [0.4, 0.5) is 15.3 Å². The van der Waals surface area contributed by atoms with E-state index in [9.17, 15) is 14.4 Å². The Balaban J connectivity index is 1.53. The number of carbonyl (C=O) groups is 3. The minimum Gasteiger partial charge on any atom is -0.457 e. The quantitative estimate of drug-likeness (QED) is 0.0240. The van der Waals surface area contributed by atoms with Crippen LogP contribution in [0.25, 0.3) is 0 Å². The van der Waals surface area contributed by atoms with Gasteiger partial charge in [-0.05, 0) is 101 Å². The van der Waals surface area contributed by atoms with Crippen molar-refractivity contribution in [3.63, 3.8) is 0 Å². The largest absolute Gasteiger partial charge is 0.457 e. The van der Waals surface area contributed by atoms with Crippen LogP contribution in [0.3, 0.4) is 0 Å². The number of nitrogens with one attached hydrogen (secondary N) is 1. The Labute approximate surface area is 392 Å². The van der Waals surface area contributed by atoms with E-state index < -0.39 is 32.2 Å². The first-order valence-corrected chi connectivity index (χ1v) is 27.1. The Morgan fingerprint density at radius 1 is 1.00 bits per heavy atom. The molecule has 13 nitrogen and oxygen atoms in total. The van der Waals surface area contributed by atoms with Crippen LogP contribution < -0.4 is 5.32 Å². The summed E-state index contributed by atoms with van der Waals surface area (Å²) in [7, 11) is -0.0789. The number of cyclic esters (lactones) is 1. The van der Waals surface area contributed by atoms with E-state index in [1.165, 1.54) is 0 Å². The summed E-state index contributed by atoms with van der Waals surface area (Å²) in [5.74, 6) is -0.321. The van der Waals surface area contributed by atoms with E-state index in [-0.39, 0.29) is 60.7 Å². The Kier molecular flexibility index (Phi) is 22.2. The summed E-state index contributed by atoms with van der Waals surface area (Å²) in [6, 6.07) is 12.1. The fourth-order valence-electron chi connectivity index (χ4n) is 9.01. The number of likely N-dealkylation sites (N-methyl/N-ethyl adjacent to an activating group) is 1. The van der Waals surface area contributed by atoms with Gasteiger partial charge in [-0.25, -0.2) is 9.59 Å². The maximum Gasteiger partial charge on any atom is 0.411 e. The number of hydrogen-bond donors (Lipinski definition) is 1. The van der Waals surface area contributed by atoms with Crippen LogP contribution in [0, 0.1) is 17.8 Å². The Bertz CT molecular complexity index is 1690. The van der Waals surface area contributed by atoms with Crippen LogP contribution in [-0.2, 0) is 37.6 Å². The van der Waals surface area contributed by atoms with E-state index in [1.807, 2.05) is 89.3 Å². The molecule has 10 unspecified atom stereocenters. The van der Waals surface area contributed by atoms with Gasteiger partial charge in [-0.3, -0.25) is 10.1 Å². The molecule has 0 spiro atoms. The lowest BCUT2D eigenvalue weighted by Crippen LogP contribution is -2.51. The molecule has 0 aromatic heterocycles. The molecule has 65 heavy (non-hydrogen) atoms. The summed E-state index contributed by atoms with van der Waals surface area (Å²) >= 11 is 0. The number of nitrogens with zero attached hydrogens (tertiary/aromatic N) is 2. The number of allylic oxidation sites excluding steroid dienone is 3. The standard InChI is InChI=1S/C51H83N3O10Si/c1-12-43(61-49(56)52-41-23-18-17-19-24-41)40(9)48-44(60-48)35-37(6)21-20-22-38(7)47-39(8)25-26-45(62-50(57)54-31-29-53(11)30-32-54)51(10,59-34-33-58-13-2)28-27-42(36-46(55)63-47)64-65(14-3,15-4)16-5/h17-26,37,39-40,42-45,47-48H,12-16,27-36H2,1-11H3,(H,52,56)/b21-20+,26-25+,38-22+. The van der Waals surface area contributed by atoms with Crippen molar-refractivity contribution in [1.82, 2.24) is 9.80 Å². The maximum absolute atomic E-state index is 14.0. The second-order valence-electron chi connectivity index (χ2n) is 18.7. The summed E-state index contributed by atoms with van der Waals surface area (Å²) in [5, 5.41) is 2.81. The first kappa shape index (κ1) is 54.1. The van der Waals surface area contributed by atoms with Gasteiger partial charge in [0.05, 0.1) is 37.9 Å². The molecule has 0 saturated carbocycles. The number of amides is 2. The predicted octanol–water partition coefficient (Wildman–Crippen LogP) is 10.2. The first-order valence-electron chi connectivity index (χ1n) is 24.5. The zero-order chi connectivity index (χ0) is 47.6. The van der Waals surface area contributed by atoms with Crippen molar-refractivity contribution in [2.75, 3.05) is 58.4 Å². The normalized spacial score (nSPS) is 28.0. The zero-order valence-electron chi connectivity index (χ0n) is 41.6. The van der Waals surface area contributed by atoms with Gasteiger partial charge in [0.25, 0.3) is 0 Å². The zero-order valence-corrected chi connectivity index (χ0v) is 42.6. The molecule has 4 rings (SSSR count). The van der Waals surface area contributed by atoms with Gasteiger partial charge in [-0.1, -0.05) is 91.0 Å². The number of carbonyl (C=O) groups excluding carboxylic acids is 3. The number of benzene rings is 1. The molecule has 2 fully saturated rings. The van der Waals surface area contributed by atoms with Gasteiger partial charge in [0.1, 0.15) is 17.8 Å². The lowest BCUT2D eigenvalue weighted by atomic mass is 9.88. The van der Waals surface area contributed by atoms with Crippen molar-refractivity contribution in [3.05, 3.63) is 66.3 Å². The number of piperazine rings is 1. The van der Waals surface area contributed by atoms with Crippen LogP contribution in [0.15, 0.2) is 66.3 Å². The second-order valence-corrected chi connectivity index (χ2v) is 23.4. The Morgan fingerprint density at radius 3 is 2.34 bits per heavy atom. The summed E-state index contributed by atoms with van der Waals surface area (Å²) in [6.45, 7) is 24.8. The molecule has 0 bridgehead atoms. The van der Waals surface area contributed by atoms with Gasteiger partial charge in [-0.15, -0.1) is 0 Å². The average Bonchev–Trinajstić information content (AvgIpc) is 4.07. The third kappa shape index (κ3) is 16.9. The Morgan fingerprint density at radius 2 is 1.69 bits per heavy atom. The lowest BCUT2D eigenvalue weighted by Gasteiger charge is -2.40. The molecule has 2 saturated heterocycles. The third-order valence-corrected chi connectivity index (χ3v) is 18.4. The maximum atomic E-state index is 14.0. The molecule has 14 heteroatoms. The molecule has 1 aromatic rings. The second kappa shape index (κ2) is 26.7. The van der Waals surface area contributed by atoms with Crippen molar-refractivity contribution in [2.24, 2.45) is 17.8 Å². The van der Waals surface area contributed by atoms with Crippen LogP contribution >= 0.6 is 0 Å². The van der Waals surface area contributed by atoms with E-state index >= 15 is 0 Å². The molecule has 1 aromatic carbocycles. The van der Waals surface area contributed by atoms with E-state index in [2.05, 4.69) is 58.0 Å². The summed E-state index contributed by atoms with van der Waals surface area (Å²) < 4.78 is 44.2. The SMILES string of the molecule is CCOCCOC1(C)CCC(O[Si](CC)(CC)CC)CC(=O)OC(/C(C)=C/C=C/C(C)CC2OC2C(C)C(CC)OC(=O)Nc2ccccc2)C(C)/C=C/C1OC(=O)N1CCN(C)CC1. The fourth-order valence-corrected chi connectivity index (χ4v) is 11.9. The molecule has 10 atom stereocenters. The van der Waals surface area contributed by atoms with Gasteiger partial charge in [0.15, 0.2) is 14.4 Å². The molecule has 0 aliphatic carbocycles. The summed E-state index contributed by atoms with van der Waals surface area (Å²) in [6.07, 6.45) is 10.1. The number of anilines is 1. The number of esters is 1. The van der Waals surface area contributed by atoms with Crippen LogP contribution in [0.1, 0.15) is 101 Å². The van der Waals surface area contributed by atoms with Crippen LogP contribution in [0.2, 0.25) is 18.1 Å². The van der Waals surface area contributed by atoms with E-state index in [0.29, 0.717) is 57.9 Å². The van der Waals surface area contributed by atoms with E-state index in [4.69, 9.17) is 32.8 Å². The van der Waals surface area contributed by atoms with Crippen molar-refractivity contribution in [3.8, 4) is 0 Å². The highest BCUT2D eigenvalue weighted by atomic mass is 28.4. The monoisotopic (exact) mass is 926 g/mol. The first-order chi connectivity index (χ1) is 31.1.